The number of hydrogen-bond donors (Lipinski definition) is 0. The number of allylic oxidation sites excluding steroid dienone is 2. The molecule has 1 saturated carbocycles. The molecule has 0 aromatic carbocycles. The zero-order valence-electron chi connectivity index (χ0n) is 10.1. The summed E-state index contributed by atoms with van der Waals surface area (Å²) in [5.74, 6) is 0.197. The molecular formula is C13H20O2. The Hall–Kier alpha value is -1.05. The van der Waals surface area contributed by atoms with E-state index in [4.69, 9.17) is 4.74 Å². The smallest absolute Gasteiger partial charge is 0.330 e. The van der Waals surface area contributed by atoms with Gasteiger partial charge in [-0.05, 0) is 25.7 Å². The first-order valence-electron chi connectivity index (χ1n) is 5.34. The van der Waals surface area contributed by atoms with Crippen molar-refractivity contribution >= 4 is 5.97 Å². The molecule has 1 aliphatic carbocycles. The zero-order valence-corrected chi connectivity index (χ0v) is 10.1. The predicted octanol–water partition coefficient (Wildman–Crippen LogP) is 3.10. The summed E-state index contributed by atoms with van der Waals surface area (Å²) < 4.78 is 5.18. The van der Waals surface area contributed by atoms with Crippen molar-refractivity contribution in [1.82, 2.24) is 0 Å². The Kier molecular flexibility index (Phi) is 3.38. The van der Waals surface area contributed by atoms with Gasteiger partial charge >= 0.3 is 5.97 Å². The fourth-order valence-electron chi connectivity index (χ4n) is 1.70. The van der Waals surface area contributed by atoms with Gasteiger partial charge in [-0.15, -0.1) is 0 Å². The van der Waals surface area contributed by atoms with Crippen LogP contribution >= 0.6 is 0 Å². The van der Waals surface area contributed by atoms with Crippen LogP contribution in [0.3, 0.4) is 0 Å². The van der Waals surface area contributed by atoms with E-state index in [0.717, 1.165) is 12.0 Å². The summed E-state index contributed by atoms with van der Waals surface area (Å²) in [6, 6.07) is 0. The van der Waals surface area contributed by atoms with Crippen molar-refractivity contribution in [2.75, 3.05) is 6.61 Å². The van der Waals surface area contributed by atoms with Gasteiger partial charge in [0.1, 0.15) is 0 Å². The van der Waals surface area contributed by atoms with Gasteiger partial charge in [-0.1, -0.05) is 31.6 Å². The maximum Gasteiger partial charge on any atom is 0.330 e. The molecule has 0 bridgehead atoms. The van der Waals surface area contributed by atoms with Crippen molar-refractivity contribution in [2.24, 2.45) is 11.3 Å². The molecule has 84 valence electrons. The third-order valence-electron chi connectivity index (χ3n) is 3.26. The Labute approximate surface area is 92.0 Å². The minimum atomic E-state index is -0.233. The van der Waals surface area contributed by atoms with Crippen molar-refractivity contribution in [2.45, 2.75) is 34.1 Å². The molecule has 1 unspecified atom stereocenters. The van der Waals surface area contributed by atoms with E-state index in [-0.39, 0.29) is 11.4 Å². The Balaban J connectivity index is 2.37. The number of hydrogen-bond acceptors (Lipinski definition) is 2. The molecule has 2 heteroatoms. The van der Waals surface area contributed by atoms with Crippen LogP contribution in [0.1, 0.15) is 34.1 Å². The summed E-state index contributed by atoms with van der Waals surface area (Å²) >= 11 is 0. The topological polar surface area (TPSA) is 26.3 Å². The third-order valence-corrected chi connectivity index (χ3v) is 3.26. The second-order valence-corrected chi connectivity index (χ2v) is 5.08. The predicted molar refractivity (Wildman–Crippen MR) is 61.4 cm³/mol. The minimum absolute atomic E-state index is 0.130. The molecule has 1 aliphatic rings. The zero-order chi connectivity index (χ0) is 11.6. The van der Waals surface area contributed by atoms with E-state index in [1.807, 2.05) is 13.8 Å². The summed E-state index contributed by atoms with van der Waals surface area (Å²) in [4.78, 5) is 11.3. The molecule has 0 heterocycles. The van der Waals surface area contributed by atoms with E-state index < -0.39 is 0 Å². The standard InChI is InChI=1S/C13H20O2/c1-9(2)6-12(14)15-8-11-7-10(3)13(11,4)5/h6,11H,3,7-8H2,1-2,4-5H3. The summed E-state index contributed by atoms with van der Waals surface area (Å²) in [6.45, 7) is 12.6. The van der Waals surface area contributed by atoms with Gasteiger partial charge in [0.2, 0.25) is 0 Å². The van der Waals surface area contributed by atoms with Crippen molar-refractivity contribution in [3.05, 3.63) is 23.8 Å². The van der Waals surface area contributed by atoms with Gasteiger partial charge in [-0.2, -0.15) is 0 Å². The van der Waals surface area contributed by atoms with E-state index in [9.17, 15) is 4.79 Å². The van der Waals surface area contributed by atoms with Gasteiger partial charge < -0.3 is 4.74 Å². The van der Waals surface area contributed by atoms with Crippen molar-refractivity contribution in [3.63, 3.8) is 0 Å². The summed E-state index contributed by atoms with van der Waals surface area (Å²) in [7, 11) is 0. The molecular weight excluding hydrogens is 188 g/mol. The van der Waals surface area contributed by atoms with Gasteiger partial charge in [0.25, 0.3) is 0 Å². The first-order chi connectivity index (χ1) is 6.84. The summed E-state index contributed by atoms with van der Waals surface area (Å²) in [6.07, 6.45) is 2.51. The Morgan fingerprint density at radius 2 is 2.20 bits per heavy atom. The van der Waals surface area contributed by atoms with E-state index in [1.54, 1.807) is 0 Å². The Morgan fingerprint density at radius 3 is 2.60 bits per heavy atom. The van der Waals surface area contributed by atoms with E-state index >= 15 is 0 Å². The van der Waals surface area contributed by atoms with Gasteiger partial charge in [-0.25, -0.2) is 4.79 Å². The highest BCUT2D eigenvalue weighted by molar-refractivity contribution is 5.82. The molecule has 0 amide bonds. The molecule has 0 aromatic rings. The van der Waals surface area contributed by atoms with Gasteiger partial charge in [0.15, 0.2) is 0 Å². The molecule has 1 rings (SSSR count). The number of ether oxygens (including phenoxy) is 1. The quantitative estimate of drug-likeness (QED) is 0.405. The SMILES string of the molecule is C=C1CC(COC(=O)C=C(C)C)C1(C)C. The van der Waals surface area contributed by atoms with E-state index in [1.165, 1.54) is 11.6 Å². The largest absolute Gasteiger partial charge is 0.462 e. The van der Waals surface area contributed by atoms with E-state index in [0.29, 0.717) is 12.5 Å². The number of carbonyl (C=O) groups excluding carboxylic acids is 1. The van der Waals surface area contributed by atoms with Crippen molar-refractivity contribution in [3.8, 4) is 0 Å². The maximum atomic E-state index is 11.3. The lowest BCUT2D eigenvalue weighted by molar-refractivity contribution is -0.141. The lowest BCUT2D eigenvalue weighted by Gasteiger charge is -2.46. The Morgan fingerprint density at radius 1 is 1.60 bits per heavy atom. The molecule has 0 aromatic heterocycles. The molecule has 0 N–H and O–H groups in total. The highest BCUT2D eigenvalue weighted by Crippen LogP contribution is 2.49. The molecule has 2 nitrogen and oxygen atoms in total. The van der Waals surface area contributed by atoms with Crippen LogP contribution < -0.4 is 0 Å². The van der Waals surface area contributed by atoms with Crippen molar-refractivity contribution < 1.29 is 9.53 Å². The minimum Gasteiger partial charge on any atom is -0.462 e. The number of carbonyl (C=O) groups is 1. The van der Waals surface area contributed by atoms with Gasteiger partial charge in [-0.3, -0.25) is 0 Å². The van der Waals surface area contributed by atoms with Gasteiger partial charge in [0, 0.05) is 12.0 Å². The number of rotatable bonds is 3. The second kappa shape index (κ2) is 4.21. The van der Waals surface area contributed by atoms with Crippen LogP contribution in [0.4, 0.5) is 0 Å². The third kappa shape index (κ3) is 2.71. The van der Waals surface area contributed by atoms with Crippen LogP contribution in [-0.2, 0) is 9.53 Å². The molecule has 0 saturated heterocycles. The second-order valence-electron chi connectivity index (χ2n) is 5.08. The average Bonchev–Trinajstić information content (AvgIpc) is 2.10. The van der Waals surface area contributed by atoms with Crippen LogP contribution in [-0.4, -0.2) is 12.6 Å². The van der Waals surface area contributed by atoms with Crippen LogP contribution in [0, 0.1) is 11.3 Å². The fourth-order valence-corrected chi connectivity index (χ4v) is 1.70. The molecule has 0 aliphatic heterocycles. The first kappa shape index (κ1) is 12.0. The highest BCUT2D eigenvalue weighted by Gasteiger charge is 2.42. The number of esters is 1. The molecule has 0 spiro atoms. The Bertz CT molecular complexity index is 306. The van der Waals surface area contributed by atoms with Gasteiger partial charge in [0.05, 0.1) is 6.61 Å². The lowest BCUT2D eigenvalue weighted by Crippen LogP contribution is -2.40. The fraction of sp³-hybridized carbons (Fsp3) is 0.615. The molecule has 15 heavy (non-hydrogen) atoms. The average molecular weight is 208 g/mol. The van der Waals surface area contributed by atoms with Crippen LogP contribution in [0.15, 0.2) is 23.8 Å². The van der Waals surface area contributed by atoms with Crippen LogP contribution in [0.25, 0.3) is 0 Å². The van der Waals surface area contributed by atoms with Crippen LogP contribution in [0.2, 0.25) is 0 Å². The summed E-state index contributed by atoms with van der Waals surface area (Å²) in [5, 5.41) is 0. The maximum absolute atomic E-state index is 11.3. The van der Waals surface area contributed by atoms with Crippen molar-refractivity contribution in [1.29, 1.82) is 0 Å². The monoisotopic (exact) mass is 208 g/mol. The molecule has 1 fully saturated rings. The van der Waals surface area contributed by atoms with Crippen LogP contribution in [0.5, 0.6) is 0 Å². The first-order valence-corrected chi connectivity index (χ1v) is 5.34. The lowest BCUT2D eigenvalue weighted by atomic mass is 9.59. The highest BCUT2D eigenvalue weighted by atomic mass is 16.5. The molecule has 1 atom stereocenters. The summed E-state index contributed by atoms with van der Waals surface area (Å²) in [5.41, 5.74) is 2.36. The van der Waals surface area contributed by atoms with E-state index in [2.05, 4.69) is 20.4 Å². The normalized spacial score (nSPS) is 22.9. The molecule has 0 radical (unpaired) electrons.